The number of fused-ring (bicyclic) bond motifs is 2. The van der Waals surface area contributed by atoms with Gasteiger partial charge in [0.1, 0.15) is 0 Å². The molecule has 6 nitrogen and oxygen atoms in total. The van der Waals surface area contributed by atoms with Crippen molar-refractivity contribution in [2.24, 2.45) is 0 Å². The highest BCUT2D eigenvalue weighted by Crippen LogP contribution is 2.33. The van der Waals surface area contributed by atoms with Crippen molar-refractivity contribution in [1.29, 1.82) is 0 Å². The number of hydrogen-bond acceptors (Lipinski definition) is 4. The van der Waals surface area contributed by atoms with E-state index in [1.54, 1.807) is 60.7 Å². The molecular formula is C28H16O6. The topological polar surface area (TPSA) is 109 Å². The van der Waals surface area contributed by atoms with Gasteiger partial charge in [0.15, 0.2) is 11.6 Å². The van der Waals surface area contributed by atoms with Gasteiger partial charge in [0, 0.05) is 22.3 Å². The zero-order chi connectivity index (χ0) is 24.0. The Balaban J connectivity index is 1.52. The first-order valence-electron chi connectivity index (χ1n) is 10.4. The first-order chi connectivity index (χ1) is 16.3. The third kappa shape index (κ3) is 3.47. The first-order valence-corrected chi connectivity index (χ1v) is 10.4. The second kappa shape index (κ2) is 7.94. The largest absolute Gasteiger partial charge is 0.478 e. The molecule has 0 aliphatic heterocycles. The molecule has 0 saturated heterocycles. The van der Waals surface area contributed by atoms with Crippen molar-refractivity contribution in [3.63, 3.8) is 0 Å². The minimum absolute atomic E-state index is 0.162. The number of aromatic carboxylic acids is 2. The van der Waals surface area contributed by atoms with Crippen LogP contribution in [0.15, 0.2) is 84.9 Å². The molecule has 0 atom stereocenters. The van der Waals surface area contributed by atoms with Crippen LogP contribution >= 0.6 is 0 Å². The van der Waals surface area contributed by atoms with E-state index < -0.39 is 11.9 Å². The van der Waals surface area contributed by atoms with Crippen LogP contribution in [0.25, 0.3) is 22.3 Å². The number of carbonyl (C=O) groups excluding carboxylic acids is 2. The molecule has 0 amide bonds. The standard InChI is InChI=1S/C28H16O6/c29-25-22-12-10-20(16-3-7-18(8-4-16)28(33)34)14-24(22)26(30)21-11-9-19(13-23(21)25)15-1-5-17(6-2-15)27(31)32/h1-14H,(H,31,32)(H,33,34). The van der Waals surface area contributed by atoms with E-state index in [-0.39, 0.29) is 22.7 Å². The second-order valence-corrected chi connectivity index (χ2v) is 7.94. The molecule has 1 aliphatic carbocycles. The zero-order valence-corrected chi connectivity index (χ0v) is 17.6. The van der Waals surface area contributed by atoms with E-state index in [1.807, 2.05) is 0 Å². The molecule has 5 rings (SSSR count). The Labute approximate surface area is 193 Å². The predicted octanol–water partition coefficient (Wildman–Crippen LogP) is 5.19. The number of carbonyl (C=O) groups is 4. The van der Waals surface area contributed by atoms with Crippen molar-refractivity contribution in [2.75, 3.05) is 0 Å². The SMILES string of the molecule is O=C(O)c1ccc(-c2ccc3c(c2)C(=O)c2ccc(-c4ccc(C(=O)O)cc4)cc2C3=O)cc1. The number of benzene rings is 4. The van der Waals surface area contributed by atoms with Gasteiger partial charge < -0.3 is 10.2 Å². The highest BCUT2D eigenvalue weighted by atomic mass is 16.4. The molecule has 2 N–H and O–H groups in total. The summed E-state index contributed by atoms with van der Waals surface area (Å²) < 4.78 is 0. The van der Waals surface area contributed by atoms with E-state index in [1.165, 1.54) is 24.3 Å². The van der Waals surface area contributed by atoms with E-state index >= 15 is 0 Å². The van der Waals surface area contributed by atoms with Gasteiger partial charge in [-0.3, -0.25) is 9.59 Å². The minimum atomic E-state index is -1.02. The molecule has 4 aromatic rings. The fourth-order valence-electron chi connectivity index (χ4n) is 4.12. The highest BCUT2D eigenvalue weighted by Gasteiger charge is 2.30. The molecule has 0 bridgehead atoms. The lowest BCUT2D eigenvalue weighted by molar-refractivity contribution is 0.0686. The van der Waals surface area contributed by atoms with Gasteiger partial charge >= 0.3 is 11.9 Å². The van der Waals surface area contributed by atoms with Gasteiger partial charge in [0.25, 0.3) is 0 Å². The van der Waals surface area contributed by atoms with Crippen LogP contribution in [0.1, 0.15) is 52.6 Å². The molecule has 164 valence electrons. The van der Waals surface area contributed by atoms with Gasteiger partial charge in [0.05, 0.1) is 11.1 Å². The smallest absolute Gasteiger partial charge is 0.335 e. The van der Waals surface area contributed by atoms with Crippen molar-refractivity contribution >= 4 is 23.5 Å². The Kier molecular flexibility index (Phi) is 4.91. The molecule has 34 heavy (non-hydrogen) atoms. The molecule has 0 fully saturated rings. The number of hydrogen-bond donors (Lipinski definition) is 2. The van der Waals surface area contributed by atoms with Gasteiger partial charge in [-0.15, -0.1) is 0 Å². The van der Waals surface area contributed by atoms with Crippen molar-refractivity contribution in [2.45, 2.75) is 0 Å². The summed E-state index contributed by atoms with van der Waals surface area (Å²) in [5.74, 6) is -2.57. The maximum atomic E-state index is 13.3. The maximum Gasteiger partial charge on any atom is 0.335 e. The summed E-state index contributed by atoms with van der Waals surface area (Å²) in [6, 6.07) is 22.6. The molecule has 0 radical (unpaired) electrons. The van der Waals surface area contributed by atoms with Gasteiger partial charge in [0.2, 0.25) is 0 Å². The summed E-state index contributed by atoms with van der Waals surface area (Å²) in [7, 11) is 0. The van der Waals surface area contributed by atoms with Gasteiger partial charge in [-0.1, -0.05) is 36.4 Å². The number of carboxylic acid groups (broad SMARTS) is 2. The van der Waals surface area contributed by atoms with E-state index in [9.17, 15) is 19.2 Å². The lowest BCUT2D eigenvalue weighted by Crippen LogP contribution is -2.21. The molecule has 0 unspecified atom stereocenters. The van der Waals surface area contributed by atoms with Crippen LogP contribution in [0, 0.1) is 0 Å². The Morgan fingerprint density at radius 3 is 1.09 bits per heavy atom. The molecular weight excluding hydrogens is 432 g/mol. The Morgan fingerprint density at radius 2 is 0.765 bits per heavy atom. The molecule has 6 heteroatoms. The quantitative estimate of drug-likeness (QED) is 0.392. The molecule has 0 aromatic heterocycles. The van der Waals surface area contributed by atoms with E-state index in [0.717, 1.165) is 11.1 Å². The van der Waals surface area contributed by atoms with Gasteiger partial charge in [-0.2, -0.15) is 0 Å². The van der Waals surface area contributed by atoms with E-state index in [0.29, 0.717) is 33.4 Å². The summed E-state index contributed by atoms with van der Waals surface area (Å²) in [6.45, 7) is 0. The van der Waals surface area contributed by atoms with Crippen LogP contribution in [-0.2, 0) is 0 Å². The van der Waals surface area contributed by atoms with Gasteiger partial charge in [-0.25, -0.2) is 9.59 Å². The van der Waals surface area contributed by atoms with Crippen LogP contribution in [0.3, 0.4) is 0 Å². The van der Waals surface area contributed by atoms with E-state index in [2.05, 4.69) is 0 Å². The molecule has 4 aromatic carbocycles. The Hall–Kier alpha value is -4.84. The lowest BCUT2D eigenvalue weighted by Gasteiger charge is -2.19. The first kappa shape index (κ1) is 21.0. The van der Waals surface area contributed by atoms with Crippen LogP contribution in [0.5, 0.6) is 0 Å². The summed E-state index contributed by atoms with van der Waals surface area (Å²) in [4.78, 5) is 48.7. The maximum absolute atomic E-state index is 13.3. The fourth-order valence-corrected chi connectivity index (χ4v) is 4.12. The summed E-state index contributed by atoms with van der Waals surface area (Å²) in [5, 5.41) is 18.2. The Morgan fingerprint density at radius 1 is 0.441 bits per heavy atom. The summed E-state index contributed by atoms with van der Waals surface area (Å²) >= 11 is 0. The lowest BCUT2D eigenvalue weighted by atomic mass is 9.81. The van der Waals surface area contributed by atoms with Crippen LogP contribution < -0.4 is 0 Å². The number of ketones is 2. The normalized spacial score (nSPS) is 12.1. The average molecular weight is 448 g/mol. The van der Waals surface area contributed by atoms with Crippen molar-refractivity contribution in [3.8, 4) is 22.3 Å². The van der Waals surface area contributed by atoms with Crippen molar-refractivity contribution < 1.29 is 29.4 Å². The monoisotopic (exact) mass is 448 g/mol. The minimum Gasteiger partial charge on any atom is -0.478 e. The molecule has 1 aliphatic rings. The zero-order valence-electron chi connectivity index (χ0n) is 17.6. The van der Waals surface area contributed by atoms with Crippen molar-refractivity contribution in [3.05, 3.63) is 118 Å². The predicted molar refractivity (Wildman–Crippen MR) is 125 cm³/mol. The van der Waals surface area contributed by atoms with Crippen LogP contribution in [0.4, 0.5) is 0 Å². The van der Waals surface area contributed by atoms with E-state index in [4.69, 9.17) is 10.2 Å². The summed E-state index contributed by atoms with van der Waals surface area (Å²) in [6.07, 6.45) is 0. The fraction of sp³-hybridized carbons (Fsp3) is 0. The second-order valence-electron chi connectivity index (χ2n) is 7.94. The van der Waals surface area contributed by atoms with Crippen molar-refractivity contribution in [1.82, 2.24) is 0 Å². The molecule has 0 heterocycles. The molecule has 0 spiro atoms. The summed E-state index contributed by atoms with van der Waals surface area (Å²) in [5.41, 5.74) is 4.42. The third-order valence-corrected chi connectivity index (χ3v) is 5.95. The van der Waals surface area contributed by atoms with Crippen LogP contribution in [0.2, 0.25) is 0 Å². The highest BCUT2D eigenvalue weighted by molar-refractivity contribution is 6.29. The third-order valence-electron chi connectivity index (χ3n) is 5.95. The number of carboxylic acids is 2. The average Bonchev–Trinajstić information content (AvgIpc) is 2.86. The van der Waals surface area contributed by atoms with Crippen LogP contribution in [-0.4, -0.2) is 33.7 Å². The number of rotatable bonds is 4. The van der Waals surface area contributed by atoms with Gasteiger partial charge in [-0.05, 0) is 70.8 Å². The Bertz CT molecular complexity index is 1400. The molecule has 0 saturated carbocycles.